The second kappa shape index (κ2) is 4.76. The van der Waals surface area contributed by atoms with E-state index in [0.717, 1.165) is 18.7 Å². The SMILES string of the molecule is C[C@H]1C[C@H]1C(=O)N1CSC[C@@H]1C(=O)NCC1CC1. The lowest BCUT2D eigenvalue weighted by molar-refractivity contribution is -0.139. The zero-order chi connectivity index (χ0) is 12.7. The zero-order valence-corrected chi connectivity index (χ0v) is 11.5. The van der Waals surface area contributed by atoms with Crippen molar-refractivity contribution in [3.8, 4) is 0 Å². The number of thioether (sulfide) groups is 1. The minimum atomic E-state index is -0.228. The van der Waals surface area contributed by atoms with Crippen LogP contribution in [0.25, 0.3) is 0 Å². The van der Waals surface area contributed by atoms with E-state index in [2.05, 4.69) is 12.2 Å². The highest BCUT2D eigenvalue weighted by molar-refractivity contribution is 7.99. The van der Waals surface area contributed by atoms with Gasteiger partial charge in [-0.1, -0.05) is 6.92 Å². The van der Waals surface area contributed by atoms with Gasteiger partial charge in [-0.2, -0.15) is 0 Å². The van der Waals surface area contributed by atoms with Crippen molar-refractivity contribution in [2.24, 2.45) is 17.8 Å². The van der Waals surface area contributed by atoms with Gasteiger partial charge in [0.25, 0.3) is 0 Å². The number of amides is 2. The topological polar surface area (TPSA) is 49.4 Å². The van der Waals surface area contributed by atoms with Crippen molar-refractivity contribution in [3.05, 3.63) is 0 Å². The molecule has 5 heteroatoms. The lowest BCUT2D eigenvalue weighted by atomic mass is 10.2. The first-order valence-electron chi connectivity index (χ1n) is 6.82. The summed E-state index contributed by atoms with van der Waals surface area (Å²) in [6.07, 6.45) is 3.47. The van der Waals surface area contributed by atoms with Gasteiger partial charge in [0.15, 0.2) is 0 Å². The Labute approximate surface area is 112 Å². The van der Waals surface area contributed by atoms with E-state index >= 15 is 0 Å². The minimum absolute atomic E-state index is 0.0496. The molecule has 0 spiro atoms. The van der Waals surface area contributed by atoms with Gasteiger partial charge in [0.1, 0.15) is 6.04 Å². The van der Waals surface area contributed by atoms with E-state index in [0.29, 0.717) is 17.7 Å². The molecule has 3 atom stereocenters. The predicted octanol–water partition coefficient (Wildman–Crippen LogP) is 1.07. The molecule has 100 valence electrons. The molecule has 2 amide bonds. The Hall–Kier alpha value is -0.710. The van der Waals surface area contributed by atoms with Gasteiger partial charge in [-0.25, -0.2) is 0 Å². The smallest absolute Gasteiger partial charge is 0.243 e. The summed E-state index contributed by atoms with van der Waals surface area (Å²) >= 11 is 1.69. The molecule has 1 heterocycles. The van der Waals surface area contributed by atoms with E-state index in [-0.39, 0.29) is 23.8 Å². The quantitative estimate of drug-likeness (QED) is 0.830. The Kier molecular flexibility index (Phi) is 3.26. The summed E-state index contributed by atoms with van der Waals surface area (Å²) < 4.78 is 0. The van der Waals surface area contributed by atoms with E-state index < -0.39 is 0 Å². The summed E-state index contributed by atoms with van der Waals surface area (Å²) in [5, 5.41) is 3.00. The number of hydrogen-bond donors (Lipinski definition) is 1. The van der Waals surface area contributed by atoms with E-state index in [1.54, 1.807) is 16.7 Å². The average molecular weight is 268 g/mol. The number of carbonyl (C=O) groups excluding carboxylic acids is 2. The van der Waals surface area contributed by atoms with Crippen LogP contribution in [-0.2, 0) is 9.59 Å². The minimum Gasteiger partial charge on any atom is -0.354 e. The van der Waals surface area contributed by atoms with Crippen molar-refractivity contribution in [1.82, 2.24) is 10.2 Å². The Morgan fingerprint density at radius 1 is 1.39 bits per heavy atom. The average Bonchev–Trinajstić information content (AvgIpc) is 3.25. The van der Waals surface area contributed by atoms with Crippen molar-refractivity contribution in [3.63, 3.8) is 0 Å². The van der Waals surface area contributed by atoms with Crippen LogP contribution in [0, 0.1) is 17.8 Å². The van der Waals surface area contributed by atoms with E-state index in [4.69, 9.17) is 0 Å². The normalized spacial score (nSPS) is 34.5. The van der Waals surface area contributed by atoms with Crippen LogP contribution in [0.3, 0.4) is 0 Å². The monoisotopic (exact) mass is 268 g/mol. The van der Waals surface area contributed by atoms with E-state index in [1.165, 1.54) is 12.8 Å². The van der Waals surface area contributed by atoms with Gasteiger partial charge in [0, 0.05) is 18.2 Å². The van der Waals surface area contributed by atoms with Crippen LogP contribution >= 0.6 is 11.8 Å². The molecule has 0 aromatic rings. The second-order valence-corrected chi connectivity index (χ2v) is 6.83. The maximum Gasteiger partial charge on any atom is 0.243 e. The fourth-order valence-electron chi connectivity index (χ4n) is 2.44. The number of nitrogens with zero attached hydrogens (tertiary/aromatic N) is 1. The predicted molar refractivity (Wildman–Crippen MR) is 71.0 cm³/mol. The molecular weight excluding hydrogens is 248 g/mol. The molecule has 3 fully saturated rings. The molecule has 3 rings (SSSR count). The van der Waals surface area contributed by atoms with Gasteiger partial charge in [0.2, 0.25) is 11.8 Å². The Morgan fingerprint density at radius 2 is 2.11 bits per heavy atom. The molecule has 2 saturated carbocycles. The first-order chi connectivity index (χ1) is 8.66. The number of nitrogens with one attached hydrogen (secondary N) is 1. The van der Waals surface area contributed by atoms with Crippen molar-refractivity contribution in [2.45, 2.75) is 32.2 Å². The molecule has 0 radical (unpaired) electrons. The maximum atomic E-state index is 12.2. The van der Waals surface area contributed by atoms with Crippen LogP contribution in [0.15, 0.2) is 0 Å². The third-order valence-electron chi connectivity index (χ3n) is 4.16. The first-order valence-corrected chi connectivity index (χ1v) is 7.98. The molecule has 0 unspecified atom stereocenters. The first kappa shape index (κ1) is 12.3. The maximum absolute atomic E-state index is 12.2. The molecule has 18 heavy (non-hydrogen) atoms. The fraction of sp³-hybridized carbons (Fsp3) is 0.846. The van der Waals surface area contributed by atoms with Crippen molar-refractivity contribution in [2.75, 3.05) is 18.2 Å². The summed E-state index contributed by atoms with van der Waals surface area (Å²) in [5.41, 5.74) is 0. The van der Waals surface area contributed by atoms with Gasteiger partial charge >= 0.3 is 0 Å². The number of rotatable bonds is 4. The van der Waals surface area contributed by atoms with E-state index in [1.807, 2.05) is 0 Å². The lowest BCUT2D eigenvalue weighted by Gasteiger charge is -2.23. The molecule has 4 nitrogen and oxygen atoms in total. The van der Waals surface area contributed by atoms with Gasteiger partial charge in [-0.15, -0.1) is 11.8 Å². The third kappa shape index (κ3) is 2.51. The molecule has 0 bridgehead atoms. The lowest BCUT2D eigenvalue weighted by Crippen LogP contribution is -2.48. The van der Waals surface area contributed by atoms with Crippen LogP contribution in [0.5, 0.6) is 0 Å². The molecule has 1 aliphatic heterocycles. The van der Waals surface area contributed by atoms with Crippen LogP contribution < -0.4 is 5.32 Å². The molecular formula is C13H20N2O2S. The Balaban J connectivity index is 1.55. The molecule has 0 aromatic heterocycles. The summed E-state index contributed by atoms with van der Waals surface area (Å²) in [7, 11) is 0. The van der Waals surface area contributed by atoms with Crippen LogP contribution in [-0.4, -0.2) is 40.9 Å². The van der Waals surface area contributed by atoms with Crippen molar-refractivity contribution in [1.29, 1.82) is 0 Å². The highest BCUT2D eigenvalue weighted by Crippen LogP contribution is 2.40. The Bertz CT molecular complexity index is 370. The van der Waals surface area contributed by atoms with Gasteiger partial charge in [-0.3, -0.25) is 9.59 Å². The van der Waals surface area contributed by atoms with Crippen molar-refractivity contribution >= 4 is 23.6 Å². The van der Waals surface area contributed by atoms with Crippen LogP contribution in [0.1, 0.15) is 26.2 Å². The zero-order valence-electron chi connectivity index (χ0n) is 10.7. The highest BCUT2D eigenvalue weighted by atomic mass is 32.2. The van der Waals surface area contributed by atoms with Gasteiger partial charge in [-0.05, 0) is 31.1 Å². The van der Waals surface area contributed by atoms with Gasteiger partial charge in [0.05, 0.1) is 5.88 Å². The second-order valence-electron chi connectivity index (χ2n) is 5.83. The van der Waals surface area contributed by atoms with Gasteiger partial charge < -0.3 is 10.2 Å². The third-order valence-corrected chi connectivity index (χ3v) is 5.17. The standard InChI is InChI=1S/C13H20N2O2S/c1-8-4-10(8)13(17)15-7-18-6-11(15)12(16)14-5-9-2-3-9/h8-11H,2-7H2,1H3,(H,14,16)/t8-,10+,11+/m0/s1. The fourth-order valence-corrected chi connectivity index (χ4v) is 3.60. The molecule has 1 N–H and O–H groups in total. The number of carbonyl (C=O) groups is 2. The highest BCUT2D eigenvalue weighted by Gasteiger charge is 2.45. The van der Waals surface area contributed by atoms with E-state index in [9.17, 15) is 9.59 Å². The summed E-state index contributed by atoms with van der Waals surface area (Å²) in [5.74, 6) is 3.07. The summed E-state index contributed by atoms with van der Waals surface area (Å²) in [6, 6.07) is -0.228. The largest absolute Gasteiger partial charge is 0.354 e. The molecule has 3 aliphatic rings. The summed E-state index contributed by atoms with van der Waals surface area (Å²) in [4.78, 5) is 26.1. The Morgan fingerprint density at radius 3 is 2.72 bits per heavy atom. The number of hydrogen-bond acceptors (Lipinski definition) is 3. The van der Waals surface area contributed by atoms with Crippen LogP contribution in [0.2, 0.25) is 0 Å². The van der Waals surface area contributed by atoms with Crippen LogP contribution in [0.4, 0.5) is 0 Å². The molecule has 0 aromatic carbocycles. The van der Waals surface area contributed by atoms with Crippen molar-refractivity contribution < 1.29 is 9.59 Å². The molecule has 2 aliphatic carbocycles. The summed E-state index contributed by atoms with van der Waals surface area (Å²) in [6.45, 7) is 2.90. The molecule has 1 saturated heterocycles.